The van der Waals surface area contributed by atoms with Gasteiger partial charge in [0.05, 0.1) is 11.8 Å². The third-order valence-corrected chi connectivity index (χ3v) is 10.7. The number of benzene rings is 1. The predicted octanol–water partition coefficient (Wildman–Crippen LogP) is 2.39. The van der Waals surface area contributed by atoms with Gasteiger partial charge in [0.25, 0.3) is 5.91 Å². The van der Waals surface area contributed by atoms with Crippen LogP contribution in [0, 0.1) is 33.8 Å². The van der Waals surface area contributed by atoms with Gasteiger partial charge in [0.2, 0.25) is 0 Å². The number of rotatable bonds is 8. The Morgan fingerprint density at radius 1 is 1.17 bits per heavy atom. The van der Waals surface area contributed by atoms with Crippen LogP contribution in [-0.2, 0) is 14.4 Å². The summed E-state index contributed by atoms with van der Waals surface area (Å²) in [4.78, 5) is 29.6. The average molecular weight is 572 g/mol. The van der Waals surface area contributed by atoms with Crippen molar-refractivity contribution in [3.8, 4) is 0 Å². The van der Waals surface area contributed by atoms with Crippen molar-refractivity contribution in [1.82, 2.24) is 5.32 Å². The average Bonchev–Trinajstić information content (AvgIpc) is 3.25. The molecule has 4 aliphatic carbocycles. The number of hydrogen-bond acceptors (Lipinski definition) is 8. The van der Waals surface area contributed by atoms with Crippen LogP contribution < -0.4 is 10.5 Å². The number of carboxylic acids is 1. The molecule has 9 atom stereocenters. The topological polar surface area (TPSA) is 176 Å². The van der Waals surface area contributed by atoms with E-state index < -0.39 is 35.9 Å². The highest BCUT2D eigenvalue weighted by molar-refractivity contribution is 5.96. The second-order valence-corrected chi connectivity index (χ2v) is 12.8. The Morgan fingerprint density at radius 3 is 2.68 bits per heavy atom. The molecule has 4 aliphatic rings. The third-order valence-electron chi connectivity index (χ3n) is 10.7. The maximum absolute atomic E-state index is 12.5. The minimum absolute atomic E-state index is 0.0483. The quantitative estimate of drug-likeness (QED) is 0.258. The number of allylic oxidation sites excluding steroid dienone is 2. The van der Waals surface area contributed by atoms with E-state index in [0.29, 0.717) is 24.2 Å². The summed E-state index contributed by atoms with van der Waals surface area (Å²) in [6.45, 7) is 4.13. The van der Waals surface area contributed by atoms with Crippen LogP contribution in [0.1, 0.15) is 76.9 Å². The molecule has 41 heavy (non-hydrogen) atoms. The van der Waals surface area contributed by atoms with Crippen LogP contribution in [-0.4, -0.2) is 56.9 Å². The Morgan fingerprint density at radius 2 is 1.95 bits per heavy atom. The van der Waals surface area contributed by atoms with Gasteiger partial charge in [-0.1, -0.05) is 36.7 Å². The molecule has 0 saturated heterocycles. The van der Waals surface area contributed by atoms with E-state index in [4.69, 9.17) is 10.0 Å². The van der Waals surface area contributed by atoms with E-state index in [1.54, 1.807) is 0 Å². The molecule has 0 spiro atoms. The molecule has 11 nitrogen and oxygen atoms in total. The number of oxime groups is 1. The maximum atomic E-state index is 12.5. The smallest absolute Gasteiger partial charge is 0.329 e. The molecule has 0 bridgehead atoms. The second-order valence-electron chi connectivity index (χ2n) is 12.8. The van der Waals surface area contributed by atoms with Crippen LogP contribution in [0.25, 0.3) is 0 Å². The lowest BCUT2D eigenvalue weighted by molar-refractivity contribution is -0.991. The highest BCUT2D eigenvalue weighted by Gasteiger charge is 2.58. The zero-order chi connectivity index (χ0) is 29.5. The Bertz CT molecular complexity index is 1230. The van der Waals surface area contributed by atoms with E-state index in [1.807, 2.05) is 0 Å². The minimum Gasteiger partial charge on any atom is -0.595 e. The van der Waals surface area contributed by atoms with Crippen molar-refractivity contribution < 1.29 is 40.2 Å². The molecule has 1 aromatic carbocycles. The first-order chi connectivity index (χ1) is 19.4. The summed E-state index contributed by atoms with van der Waals surface area (Å²) < 4.78 is 0. The zero-order valence-electron chi connectivity index (χ0n) is 23.6. The van der Waals surface area contributed by atoms with Crippen LogP contribution in [0.5, 0.6) is 0 Å². The van der Waals surface area contributed by atoms with Gasteiger partial charge in [0.15, 0.2) is 18.3 Å². The first-order valence-electron chi connectivity index (χ1n) is 14.6. The summed E-state index contributed by atoms with van der Waals surface area (Å²) >= 11 is 0. The Balaban J connectivity index is 1.19. The number of amides is 1. The first-order valence-corrected chi connectivity index (χ1v) is 14.6. The van der Waals surface area contributed by atoms with E-state index >= 15 is 0 Å². The number of carbonyl (C=O) groups excluding carboxylic acids is 1. The van der Waals surface area contributed by atoms with E-state index in [2.05, 4.69) is 30.4 Å². The number of aliphatic hydroxyl groups excluding tert-OH is 2. The summed E-state index contributed by atoms with van der Waals surface area (Å²) in [5, 5.41) is 56.4. The van der Waals surface area contributed by atoms with E-state index in [1.165, 1.54) is 29.8 Å². The van der Waals surface area contributed by atoms with Crippen molar-refractivity contribution in [2.75, 3.05) is 6.61 Å². The summed E-state index contributed by atoms with van der Waals surface area (Å²) in [6.07, 6.45) is 8.24. The SMILES string of the molecule is C[C@]12CC[C@H]3[C@@H](CCC4=CC(=NOCC(=O)N[C@H](C(=O)O)[C@H](O)c5cccc([NH+]([O-])O)c5)CC[C@@]43C)[C@@H]1CC[C@@H]2O. The molecule has 5 rings (SSSR count). The van der Waals surface area contributed by atoms with Gasteiger partial charge in [0.1, 0.15) is 6.10 Å². The molecule has 6 N–H and O–H groups in total. The third kappa shape index (κ3) is 5.53. The fourth-order valence-electron chi connectivity index (χ4n) is 8.33. The number of aliphatic hydroxyl groups is 2. The molecule has 0 heterocycles. The number of carboxylic acid groups (broad SMARTS) is 1. The Hall–Kier alpha value is -2.83. The van der Waals surface area contributed by atoms with Gasteiger partial charge >= 0.3 is 5.97 Å². The second kappa shape index (κ2) is 11.4. The lowest BCUT2D eigenvalue weighted by Gasteiger charge is -2.57. The molecule has 224 valence electrons. The molecular weight excluding hydrogens is 530 g/mol. The molecule has 11 heteroatoms. The molecule has 3 saturated carbocycles. The lowest BCUT2D eigenvalue weighted by atomic mass is 9.47. The highest BCUT2D eigenvalue weighted by Crippen LogP contribution is 2.65. The van der Waals surface area contributed by atoms with Gasteiger partial charge in [-0.15, -0.1) is 0 Å². The standard InChI is InChI=1S/C30H41N3O8/c1-29-12-10-19(15-18(29)6-7-21-22-8-9-24(34)30(22,2)13-11-23(21)29)32-41-16-25(35)31-26(28(37)38)27(36)17-4-3-5-20(14-17)33(39)40/h3-5,14-15,21-24,26-27,33-34,36,39H,6-13,16H2,1-2H3,(H,31,35)(H,37,38)/t21-,22-,23-,24-,26-,27+,29-,30-/m0/s1. The molecule has 1 unspecified atom stereocenters. The van der Waals surface area contributed by atoms with E-state index in [9.17, 15) is 30.1 Å². The van der Waals surface area contributed by atoms with E-state index in [0.717, 1.165) is 50.7 Å². The Kier molecular flexibility index (Phi) is 8.28. The number of nitrogens with one attached hydrogen (secondary N) is 2. The zero-order valence-corrected chi connectivity index (χ0v) is 23.6. The van der Waals surface area contributed by atoms with E-state index in [-0.39, 0.29) is 28.2 Å². The lowest BCUT2D eigenvalue weighted by Crippen LogP contribution is -2.99. The number of nitrogens with zero attached hydrogens (tertiary/aromatic N) is 1. The van der Waals surface area contributed by atoms with Crippen molar-refractivity contribution in [2.45, 2.75) is 83.5 Å². The van der Waals surface area contributed by atoms with Gasteiger partial charge in [-0.3, -0.25) is 4.79 Å². The summed E-state index contributed by atoms with van der Waals surface area (Å²) in [5.41, 5.74) is 2.21. The molecule has 0 aromatic heterocycles. The summed E-state index contributed by atoms with van der Waals surface area (Å²) in [6, 6.07) is 3.57. The number of fused-ring (bicyclic) bond motifs is 5. The molecule has 3 fully saturated rings. The molecule has 1 amide bonds. The monoisotopic (exact) mass is 571 g/mol. The van der Waals surface area contributed by atoms with Crippen molar-refractivity contribution in [1.29, 1.82) is 0 Å². The predicted molar refractivity (Wildman–Crippen MR) is 148 cm³/mol. The number of carbonyl (C=O) groups is 2. The molecular formula is C30H41N3O8. The van der Waals surface area contributed by atoms with Crippen molar-refractivity contribution in [3.63, 3.8) is 0 Å². The van der Waals surface area contributed by atoms with Crippen LogP contribution >= 0.6 is 0 Å². The van der Waals surface area contributed by atoms with Gasteiger partial charge in [-0.05, 0) is 91.6 Å². The van der Waals surface area contributed by atoms with Gasteiger partial charge in [0, 0.05) is 12.1 Å². The van der Waals surface area contributed by atoms with Gasteiger partial charge in [-0.25, -0.2) is 10.0 Å². The first kappa shape index (κ1) is 29.7. The normalized spacial score (nSPS) is 35.8. The summed E-state index contributed by atoms with van der Waals surface area (Å²) in [5.74, 6) is -0.431. The molecule has 1 aromatic rings. The van der Waals surface area contributed by atoms with Gasteiger partial charge in [-0.2, -0.15) is 5.23 Å². The highest BCUT2D eigenvalue weighted by atomic mass is 16.8. The van der Waals surface area contributed by atoms with Crippen molar-refractivity contribution >= 4 is 23.3 Å². The Labute approximate surface area is 239 Å². The fourth-order valence-corrected chi connectivity index (χ4v) is 8.33. The van der Waals surface area contributed by atoms with Crippen LogP contribution in [0.3, 0.4) is 0 Å². The molecule has 0 aliphatic heterocycles. The summed E-state index contributed by atoms with van der Waals surface area (Å²) in [7, 11) is 0. The molecule has 0 radical (unpaired) electrons. The number of aliphatic carboxylic acids is 1. The van der Waals surface area contributed by atoms with Gasteiger partial charge < -0.3 is 30.7 Å². The number of quaternary nitrogens is 1. The number of hydrogen-bond donors (Lipinski definition) is 6. The minimum atomic E-state index is -1.70. The fraction of sp³-hybridized carbons (Fsp3) is 0.633. The van der Waals surface area contributed by atoms with Crippen LogP contribution in [0.15, 0.2) is 41.1 Å². The largest absolute Gasteiger partial charge is 0.595 e. The van der Waals surface area contributed by atoms with Crippen LogP contribution in [0.2, 0.25) is 0 Å². The van der Waals surface area contributed by atoms with Crippen molar-refractivity contribution in [3.05, 3.63) is 46.7 Å². The maximum Gasteiger partial charge on any atom is 0.329 e. The van der Waals surface area contributed by atoms with Crippen LogP contribution in [0.4, 0.5) is 5.69 Å². The van der Waals surface area contributed by atoms with Crippen molar-refractivity contribution in [2.24, 2.45) is 33.7 Å².